The van der Waals surface area contributed by atoms with Gasteiger partial charge in [-0.05, 0) is 59.9 Å². The second kappa shape index (κ2) is 17.3. The van der Waals surface area contributed by atoms with Crippen LogP contribution in [0.4, 0.5) is 5.69 Å². The zero-order valence-corrected chi connectivity index (χ0v) is 26.6. The van der Waals surface area contributed by atoms with Gasteiger partial charge in [-0.3, -0.25) is 4.79 Å². The molecule has 0 saturated heterocycles. The molecule has 0 bridgehead atoms. The van der Waals surface area contributed by atoms with Gasteiger partial charge in [-0.2, -0.15) is 10.2 Å². The summed E-state index contributed by atoms with van der Waals surface area (Å²) in [4.78, 5) is 23.8. The van der Waals surface area contributed by atoms with E-state index in [1.54, 1.807) is 65.7 Å². The van der Waals surface area contributed by atoms with Crippen LogP contribution in [0, 0.1) is 6.07 Å². The minimum Gasteiger partial charge on any atom is -0.497 e. The van der Waals surface area contributed by atoms with Gasteiger partial charge in [0.05, 0.1) is 12.4 Å². The van der Waals surface area contributed by atoms with Crippen LogP contribution in [0.2, 0.25) is 0 Å². The smallest absolute Gasteiger partial charge is 0.497 e. The number of carbonyl (C=O) groups excluding carboxylic acids is 1. The molecule has 0 saturated carbocycles. The van der Waals surface area contributed by atoms with E-state index >= 15 is 0 Å². The van der Waals surface area contributed by atoms with Crippen molar-refractivity contribution < 1.29 is 29.3 Å². The molecule has 5 aromatic heterocycles. The number of halogens is 1. The molecule has 0 aliphatic rings. The summed E-state index contributed by atoms with van der Waals surface area (Å²) in [5.41, 5.74) is 2.25. The van der Waals surface area contributed by atoms with Gasteiger partial charge in [0, 0.05) is 43.4 Å². The maximum Gasteiger partial charge on any atom is 1.00 e. The van der Waals surface area contributed by atoms with E-state index in [9.17, 15) is 4.79 Å². The van der Waals surface area contributed by atoms with Gasteiger partial charge in [-0.15, -0.1) is 29.8 Å². The fourth-order valence-corrected chi connectivity index (χ4v) is 3.50. The number of ether oxygens (including phenoxy) is 1. The Morgan fingerprint density at radius 2 is 1.48 bits per heavy atom. The number of hydrogen-bond donors (Lipinski definition) is 1. The molecule has 6 aromatic rings. The Labute approximate surface area is 265 Å². The number of methoxy groups -OCH3 is 1. The number of carbonyl (C=O) groups is 1. The molecule has 0 unspecified atom stereocenters. The van der Waals surface area contributed by atoms with E-state index in [1.165, 1.54) is 0 Å². The van der Waals surface area contributed by atoms with Crippen LogP contribution in [0.15, 0.2) is 122 Å². The third-order valence-electron chi connectivity index (χ3n) is 5.23. The quantitative estimate of drug-likeness (QED) is 0.177. The SMILES string of the molecule is COc1ccnc(-c2[c-]ccc(NC(=O)CBr)c2)c1.[Os+].c1ccc(-n2cccn2)nc1.c1ccc(-n2cccn2)nc1. The average Bonchev–Trinajstić information content (AvgIpc) is 3.79. The number of alkyl halides is 1. The Morgan fingerprint density at radius 3 is 1.98 bits per heavy atom. The molecule has 213 valence electrons. The number of anilines is 1. The number of hydrogen-bond acceptors (Lipinski definition) is 7. The van der Waals surface area contributed by atoms with Crippen LogP contribution in [0.3, 0.4) is 0 Å². The van der Waals surface area contributed by atoms with Gasteiger partial charge in [-0.1, -0.05) is 28.1 Å². The number of aromatic nitrogens is 7. The fourth-order valence-electron chi connectivity index (χ4n) is 3.36. The molecule has 0 aliphatic heterocycles. The second-order valence-electron chi connectivity index (χ2n) is 8.03. The van der Waals surface area contributed by atoms with E-state index in [0.29, 0.717) is 5.69 Å². The monoisotopic (exact) mass is 801 g/mol. The van der Waals surface area contributed by atoms with Crippen molar-refractivity contribution in [3.05, 3.63) is 128 Å². The van der Waals surface area contributed by atoms with Crippen molar-refractivity contribution in [2.45, 2.75) is 0 Å². The van der Waals surface area contributed by atoms with Gasteiger partial charge in [0.25, 0.3) is 0 Å². The van der Waals surface area contributed by atoms with Crippen molar-refractivity contribution in [1.29, 1.82) is 0 Å². The standard InChI is InChI=1S/C14H12BrN2O2.2C8H7N3.Os/c1-19-12-5-6-16-13(8-12)10-3-2-4-11(7-10)17-14(18)9-15;2*1-2-5-9-8(4-1)11-7-3-6-10-11;/h2,4-8H,9H2,1H3,(H,17,18);2*1-7H;/q-1;;;+1. The molecular weight excluding hydrogens is 775 g/mol. The minimum atomic E-state index is -0.101. The van der Waals surface area contributed by atoms with Crippen LogP contribution in [0.5, 0.6) is 5.75 Å². The van der Waals surface area contributed by atoms with Crippen molar-refractivity contribution in [3.63, 3.8) is 0 Å². The first-order valence-corrected chi connectivity index (χ1v) is 13.5. The Morgan fingerprint density at radius 1 is 0.833 bits per heavy atom. The molecule has 1 aromatic carbocycles. The zero-order chi connectivity index (χ0) is 28.7. The van der Waals surface area contributed by atoms with Gasteiger partial charge in [0.1, 0.15) is 5.75 Å². The summed E-state index contributed by atoms with van der Waals surface area (Å²) in [6.45, 7) is 0. The molecule has 6 rings (SSSR count). The minimum absolute atomic E-state index is 0. The summed E-state index contributed by atoms with van der Waals surface area (Å²) in [6, 6.07) is 27.2. The molecule has 0 aliphatic carbocycles. The topological polar surface area (TPSA) is 113 Å². The van der Waals surface area contributed by atoms with Crippen LogP contribution in [-0.2, 0) is 24.6 Å². The summed E-state index contributed by atoms with van der Waals surface area (Å²) >= 11 is 3.11. The molecule has 1 radical (unpaired) electrons. The van der Waals surface area contributed by atoms with Crippen molar-refractivity contribution in [2.24, 2.45) is 0 Å². The molecule has 1 amide bonds. The first-order chi connectivity index (χ1) is 20.2. The van der Waals surface area contributed by atoms with Gasteiger partial charge >= 0.3 is 19.8 Å². The van der Waals surface area contributed by atoms with Gasteiger partial charge in [0.15, 0.2) is 11.6 Å². The summed E-state index contributed by atoms with van der Waals surface area (Å²) in [5, 5.41) is 11.1. The van der Waals surface area contributed by atoms with Gasteiger partial charge < -0.3 is 15.0 Å². The fraction of sp³-hybridized carbons (Fsp3) is 0.0667. The van der Waals surface area contributed by atoms with Crippen LogP contribution in [0.1, 0.15) is 0 Å². The number of pyridine rings is 3. The van der Waals surface area contributed by atoms with E-state index < -0.39 is 0 Å². The predicted octanol–water partition coefficient (Wildman–Crippen LogP) is 5.42. The predicted molar refractivity (Wildman–Crippen MR) is 160 cm³/mol. The van der Waals surface area contributed by atoms with Crippen LogP contribution < -0.4 is 10.1 Å². The third kappa shape index (κ3) is 9.84. The van der Waals surface area contributed by atoms with Crippen LogP contribution in [-0.4, -0.2) is 52.9 Å². The molecule has 0 fully saturated rings. The van der Waals surface area contributed by atoms with Crippen molar-refractivity contribution in [1.82, 2.24) is 34.5 Å². The number of nitrogens with zero attached hydrogens (tertiary/aromatic N) is 7. The zero-order valence-electron chi connectivity index (χ0n) is 22.4. The average molecular weight is 801 g/mol. The molecule has 5 heterocycles. The number of nitrogens with one attached hydrogen (secondary N) is 1. The van der Waals surface area contributed by atoms with E-state index in [4.69, 9.17) is 4.74 Å². The molecule has 42 heavy (non-hydrogen) atoms. The van der Waals surface area contributed by atoms with Crippen molar-refractivity contribution in [3.8, 4) is 28.6 Å². The number of rotatable bonds is 6. The maximum atomic E-state index is 11.3. The molecule has 0 atom stereocenters. The normalized spacial score (nSPS) is 9.67. The summed E-state index contributed by atoms with van der Waals surface area (Å²) in [7, 11) is 1.61. The maximum absolute atomic E-state index is 11.3. The van der Waals surface area contributed by atoms with E-state index in [-0.39, 0.29) is 31.0 Å². The first-order valence-electron chi connectivity index (χ1n) is 12.4. The molecular formula is C30H26BrN8O2Os. The van der Waals surface area contributed by atoms with E-state index in [2.05, 4.69) is 52.5 Å². The largest absolute Gasteiger partial charge is 1.00 e. The van der Waals surface area contributed by atoms with Gasteiger partial charge in [0.2, 0.25) is 5.91 Å². The van der Waals surface area contributed by atoms with Crippen molar-refractivity contribution in [2.75, 3.05) is 17.8 Å². The number of amides is 1. The Kier molecular flexibility index (Phi) is 13.2. The van der Waals surface area contributed by atoms with Gasteiger partial charge in [-0.25, -0.2) is 19.3 Å². The van der Waals surface area contributed by atoms with Crippen molar-refractivity contribution >= 4 is 27.5 Å². The summed E-state index contributed by atoms with van der Waals surface area (Å²) in [6.07, 6.45) is 12.4. The molecule has 0 spiro atoms. The second-order valence-corrected chi connectivity index (χ2v) is 8.59. The third-order valence-corrected chi connectivity index (χ3v) is 5.74. The number of benzene rings is 1. The Hall–Kier alpha value is -4.52. The first kappa shape index (κ1) is 32.0. The summed E-state index contributed by atoms with van der Waals surface area (Å²) in [5.74, 6) is 2.32. The molecule has 10 nitrogen and oxygen atoms in total. The Balaban J connectivity index is 0.000000181. The molecule has 12 heteroatoms. The Bertz CT molecular complexity index is 1530. The summed E-state index contributed by atoms with van der Waals surface area (Å²) < 4.78 is 8.60. The van der Waals surface area contributed by atoms with E-state index in [1.807, 2.05) is 73.1 Å². The van der Waals surface area contributed by atoms with E-state index in [0.717, 1.165) is 28.6 Å². The van der Waals surface area contributed by atoms with Crippen LogP contribution >= 0.6 is 15.9 Å². The molecule has 1 N–H and O–H groups in total. The van der Waals surface area contributed by atoms with Crippen LogP contribution in [0.25, 0.3) is 22.9 Å².